The third-order valence-electron chi connectivity index (χ3n) is 3.70. The first-order valence-electron chi connectivity index (χ1n) is 6.57. The van der Waals surface area contributed by atoms with Gasteiger partial charge in [0.1, 0.15) is 5.82 Å². The van der Waals surface area contributed by atoms with Crippen molar-refractivity contribution < 1.29 is 17.6 Å². The summed E-state index contributed by atoms with van der Waals surface area (Å²) in [7, 11) is -1.12. The summed E-state index contributed by atoms with van der Waals surface area (Å²) in [5.74, 6) is -0.403. The normalized spacial score (nSPS) is 21.2. The van der Waals surface area contributed by atoms with Crippen LogP contribution in [0.4, 0.5) is 4.39 Å². The summed E-state index contributed by atoms with van der Waals surface area (Å²) in [6.07, 6.45) is 0.792. The van der Waals surface area contributed by atoms with Crippen LogP contribution in [0.25, 0.3) is 0 Å². The average Bonchev–Trinajstić information content (AvgIpc) is 2.76. The second kappa shape index (κ2) is 6.01. The van der Waals surface area contributed by atoms with Crippen LogP contribution in [0.15, 0.2) is 24.3 Å². The molecule has 1 heterocycles. The Hall–Kier alpha value is -1.27. The smallest absolute Gasteiger partial charge is 0.167 e. The van der Waals surface area contributed by atoms with Crippen molar-refractivity contribution in [3.63, 3.8) is 0 Å². The Morgan fingerprint density at radius 2 is 2.10 bits per heavy atom. The van der Waals surface area contributed by atoms with Crippen molar-refractivity contribution >= 4 is 15.6 Å². The summed E-state index contributed by atoms with van der Waals surface area (Å²) in [6.45, 7) is 0.438. The van der Waals surface area contributed by atoms with Crippen LogP contribution in [0.3, 0.4) is 0 Å². The van der Waals surface area contributed by atoms with Crippen LogP contribution in [0, 0.1) is 5.82 Å². The number of sulfone groups is 1. The molecule has 0 bridgehead atoms. The van der Waals surface area contributed by atoms with Crippen LogP contribution < -0.4 is 0 Å². The van der Waals surface area contributed by atoms with Crippen LogP contribution in [-0.2, 0) is 9.84 Å². The van der Waals surface area contributed by atoms with Crippen molar-refractivity contribution in [2.75, 3.05) is 25.1 Å². The molecule has 0 amide bonds. The molecule has 110 valence electrons. The van der Waals surface area contributed by atoms with Gasteiger partial charge in [0.15, 0.2) is 15.6 Å². The van der Waals surface area contributed by atoms with Crippen LogP contribution in [0.1, 0.15) is 23.2 Å². The second-order valence-corrected chi connectivity index (χ2v) is 7.42. The van der Waals surface area contributed by atoms with Gasteiger partial charge in [0.05, 0.1) is 17.1 Å². The monoisotopic (exact) mass is 299 g/mol. The maximum absolute atomic E-state index is 13.5. The molecule has 1 atom stereocenters. The highest BCUT2D eigenvalue weighted by atomic mass is 32.2. The van der Waals surface area contributed by atoms with E-state index in [-0.39, 0.29) is 35.3 Å². The largest absolute Gasteiger partial charge is 0.302 e. The van der Waals surface area contributed by atoms with E-state index in [1.807, 2.05) is 4.90 Å². The third-order valence-corrected chi connectivity index (χ3v) is 5.45. The number of ketones is 1. The molecule has 0 aromatic heterocycles. The van der Waals surface area contributed by atoms with Crippen LogP contribution in [0.2, 0.25) is 0 Å². The van der Waals surface area contributed by atoms with Crippen LogP contribution in [-0.4, -0.2) is 50.2 Å². The van der Waals surface area contributed by atoms with Crippen molar-refractivity contribution in [2.24, 2.45) is 0 Å². The van der Waals surface area contributed by atoms with E-state index in [1.165, 1.54) is 12.1 Å². The lowest BCUT2D eigenvalue weighted by Gasteiger charge is -2.22. The van der Waals surface area contributed by atoms with Crippen molar-refractivity contribution in [2.45, 2.75) is 18.9 Å². The summed E-state index contributed by atoms with van der Waals surface area (Å²) in [4.78, 5) is 13.8. The number of benzene rings is 1. The minimum Gasteiger partial charge on any atom is -0.302 e. The Labute approximate surface area is 118 Å². The zero-order valence-corrected chi connectivity index (χ0v) is 12.2. The Morgan fingerprint density at radius 1 is 1.40 bits per heavy atom. The van der Waals surface area contributed by atoms with Gasteiger partial charge < -0.3 is 4.90 Å². The van der Waals surface area contributed by atoms with Gasteiger partial charge in [-0.15, -0.1) is 0 Å². The lowest BCUT2D eigenvalue weighted by Crippen LogP contribution is -2.34. The zero-order chi connectivity index (χ0) is 14.8. The number of nitrogens with zero attached hydrogens (tertiary/aromatic N) is 1. The molecule has 1 aromatic rings. The number of rotatable bonds is 5. The van der Waals surface area contributed by atoms with Crippen molar-refractivity contribution in [3.8, 4) is 0 Å². The molecule has 1 aromatic carbocycles. The number of halogens is 1. The molecule has 1 fully saturated rings. The first-order valence-corrected chi connectivity index (χ1v) is 8.39. The number of hydrogen-bond donors (Lipinski definition) is 0. The number of carbonyl (C=O) groups is 1. The van der Waals surface area contributed by atoms with Gasteiger partial charge in [-0.25, -0.2) is 12.8 Å². The first-order chi connectivity index (χ1) is 9.39. The van der Waals surface area contributed by atoms with E-state index in [4.69, 9.17) is 0 Å². The van der Waals surface area contributed by atoms with Crippen molar-refractivity contribution in [1.82, 2.24) is 4.90 Å². The van der Waals surface area contributed by atoms with Gasteiger partial charge >= 0.3 is 0 Å². The lowest BCUT2D eigenvalue weighted by molar-refractivity contribution is 0.0959. The number of carbonyl (C=O) groups excluding carboxylic acids is 1. The highest BCUT2D eigenvalue weighted by Gasteiger charge is 2.30. The van der Waals surface area contributed by atoms with E-state index in [0.717, 1.165) is 0 Å². The van der Waals surface area contributed by atoms with E-state index in [2.05, 4.69) is 0 Å². The van der Waals surface area contributed by atoms with Crippen LogP contribution in [0.5, 0.6) is 0 Å². The molecule has 0 saturated carbocycles. The molecule has 1 unspecified atom stereocenters. The molecule has 4 nitrogen and oxygen atoms in total. The van der Waals surface area contributed by atoms with Gasteiger partial charge in [0, 0.05) is 19.0 Å². The minimum absolute atomic E-state index is 0.0339. The zero-order valence-electron chi connectivity index (χ0n) is 11.4. The Morgan fingerprint density at radius 3 is 2.70 bits per heavy atom. The highest BCUT2D eigenvalue weighted by molar-refractivity contribution is 7.91. The maximum Gasteiger partial charge on any atom is 0.167 e. The molecule has 0 radical (unpaired) electrons. The second-order valence-electron chi connectivity index (χ2n) is 5.19. The predicted molar refractivity (Wildman–Crippen MR) is 75.0 cm³/mol. The van der Waals surface area contributed by atoms with E-state index < -0.39 is 15.7 Å². The Kier molecular flexibility index (Phi) is 4.55. The molecular weight excluding hydrogens is 281 g/mol. The Bertz CT molecular complexity index is 600. The summed E-state index contributed by atoms with van der Waals surface area (Å²) in [5, 5.41) is 0. The molecule has 6 heteroatoms. The molecular formula is C14H18FNO3S. The molecule has 1 saturated heterocycles. The quantitative estimate of drug-likeness (QED) is 0.774. The minimum atomic E-state index is -2.92. The van der Waals surface area contributed by atoms with Gasteiger partial charge in [-0.05, 0) is 25.6 Å². The standard InChI is InChI=1S/C14H18FNO3S/c1-16(11-7-9-20(18,19)10-11)8-6-14(17)12-4-2-3-5-13(12)15/h2-5,11H,6-10H2,1H3. The summed E-state index contributed by atoms with van der Waals surface area (Å²) in [5.41, 5.74) is 0.0972. The van der Waals surface area contributed by atoms with E-state index >= 15 is 0 Å². The SMILES string of the molecule is CN(CCC(=O)c1ccccc1F)C1CCS(=O)(=O)C1. The predicted octanol–water partition coefficient (Wildman–Crippen LogP) is 1.52. The van der Waals surface area contributed by atoms with Gasteiger partial charge in [0.2, 0.25) is 0 Å². The topological polar surface area (TPSA) is 54.5 Å². The molecule has 1 aliphatic rings. The van der Waals surface area contributed by atoms with E-state index in [9.17, 15) is 17.6 Å². The lowest BCUT2D eigenvalue weighted by atomic mass is 10.1. The van der Waals surface area contributed by atoms with Crippen LogP contribution >= 0.6 is 0 Å². The third kappa shape index (κ3) is 3.64. The first kappa shape index (κ1) is 15.1. The fourth-order valence-corrected chi connectivity index (χ4v) is 4.21. The van der Waals surface area contributed by atoms with Gasteiger partial charge in [-0.1, -0.05) is 12.1 Å². The molecule has 0 aliphatic carbocycles. The van der Waals surface area contributed by atoms with Gasteiger partial charge in [-0.2, -0.15) is 0 Å². The summed E-state index contributed by atoms with van der Waals surface area (Å²) in [6, 6.07) is 5.87. The molecule has 1 aliphatic heterocycles. The molecule has 2 rings (SSSR count). The van der Waals surface area contributed by atoms with Gasteiger partial charge in [-0.3, -0.25) is 4.79 Å². The van der Waals surface area contributed by atoms with Crippen molar-refractivity contribution in [3.05, 3.63) is 35.6 Å². The molecule has 0 spiro atoms. The summed E-state index contributed by atoms with van der Waals surface area (Å²) < 4.78 is 36.3. The molecule has 0 N–H and O–H groups in total. The van der Waals surface area contributed by atoms with Crippen molar-refractivity contribution in [1.29, 1.82) is 0 Å². The maximum atomic E-state index is 13.5. The van der Waals surface area contributed by atoms with Gasteiger partial charge in [0.25, 0.3) is 0 Å². The average molecular weight is 299 g/mol. The number of Topliss-reactive ketones (excluding diaryl/α,β-unsaturated/α-hetero) is 1. The fraction of sp³-hybridized carbons (Fsp3) is 0.500. The Balaban J connectivity index is 1.89. The number of hydrogen-bond acceptors (Lipinski definition) is 4. The molecule has 20 heavy (non-hydrogen) atoms. The van der Waals surface area contributed by atoms with E-state index in [0.29, 0.717) is 13.0 Å². The highest BCUT2D eigenvalue weighted by Crippen LogP contribution is 2.17. The fourth-order valence-electron chi connectivity index (χ4n) is 2.41. The van der Waals surface area contributed by atoms with E-state index in [1.54, 1.807) is 19.2 Å². The summed E-state index contributed by atoms with van der Waals surface area (Å²) >= 11 is 0.